The van der Waals surface area contributed by atoms with Crippen LogP contribution < -0.4 is 10.5 Å². The van der Waals surface area contributed by atoms with Crippen LogP contribution in [0, 0.1) is 0 Å². The Labute approximate surface area is 103 Å². The molecule has 1 aliphatic rings. The maximum absolute atomic E-state index is 9.28. The van der Waals surface area contributed by atoms with E-state index >= 15 is 0 Å². The van der Waals surface area contributed by atoms with Crippen LogP contribution in [0.2, 0.25) is 0 Å². The van der Waals surface area contributed by atoms with Gasteiger partial charge in [0.05, 0.1) is 7.11 Å². The van der Waals surface area contributed by atoms with Gasteiger partial charge in [-0.3, -0.25) is 0 Å². The maximum atomic E-state index is 9.28. The topological polar surface area (TPSA) is 55.5 Å². The molecule has 3 nitrogen and oxygen atoms in total. The number of methoxy groups -OCH3 is 1. The summed E-state index contributed by atoms with van der Waals surface area (Å²) in [5.74, 6) is 0.876. The lowest BCUT2D eigenvalue weighted by Crippen LogP contribution is -2.39. The molecular formula is C14H21NO2. The van der Waals surface area contributed by atoms with E-state index in [1.165, 1.54) is 11.1 Å². The van der Waals surface area contributed by atoms with Gasteiger partial charge in [-0.2, -0.15) is 0 Å². The van der Waals surface area contributed by atoms with Gasteiger partial charge in [-0.1, -0.05) is 6.07 Å². The number of hydrogen-bond donors (Lipinski definition) is 2. The molecule has 2 rings (SSSR count). The molecular weight excluding hydrogens is 214 g/mol. The molecule has 3 N–H and O–H groups in total. The Morgan fingerprint density at radius 2 is 2.29 bits per heavy atom. The van der Waals surface area contributed by atoms with Crippen molar-refractivity contribution >= 4 is 0 Å². The Balaban J connectivity index is 2.46. The van der Waals surface area contributed by atoms with Gasteiger partial charge in [-0.15, -0.1) is 0 Å². The molecule has 0 amide bonds. The lowest BCUT2D eigenvalue weighted by molar-refractivity contribution is 0.223. The zero-order valence-electron chi connectivity index (χ0n) is 10.4. The molecule has 17 heavy (non-hydrogen) atoms. The lowest BCUT2D eigenvalue weighted by atomic mass is 9.68. The number of aliphatic hydroxyl groups is 1. The van der Waals surface area contributed by atoms with E-state index in [2.05, 4.69) is 12.1 Å². The fourth-order valence-electron chi connectivity index (χ4n) is 2.93. The molecule has 0 fully saturated rings. The van der Waals surface area contributed by atoms with Crippen molar-refractivity contribution in [3.05, 3.63) is 29.3 Å². The number of benzene rings is 1. The van der Waals surface area contributed by atoms with Gasteiger partial charge in [-0.25, -0.2) is 0 Å². The summed E-state index contributed by atoms with van der Waals surface area (Å²) in [5, 5.41) is 9.28. The zero-order valence-corrected chi connectivity index (χ0v) is 10.4. The number of rotatable bonds is 4. The van der Waals surface area contributed by atoms with Gasteiger partial charge >= 0.3 is 0 Å². The minimum absolute atomic E-state index is 0.0587. The van der Waals surface area contributed by atoms with E-state index in [1.54, 1.807) is 7.11 Å². The van der Waals surface area contributed by atoms with Crippen molar-refractivity contribution in [2.45, 2.75) is 31.1 Å². The summed E-state index contributed by atoms with van der Waals surface area (Å²) >= 11 is 0. The number of nitrogens with two attached hydrogens (primary N) is 1. The number of aryl methyl sites for hydroxylation is 1. The molecule has 0 bridgehead atoms. The highest BCUT2D eigenvalue weighted by Gasteiger charge is 2.35. The zero-order chi connectivity index (χ0) is 12.3. The van der Waals surface area contributed by atoms with E-state index in [4.69, 9.17) is 10.5 Å². The van der Waals surface area contributed by atoms with E-state index in [-0.39, 0.29) is 12.0 Å². The van der Waals surface area contributed by atoms with Crippen molar-refractivity contribution in [2.75, 3.05) is 20.3 Å². The second-order valence-corrected chi connectivity index (χ2v) is 4.83. The number of fused-ring (bicyclic) bond motifs is 1. The van der Waals surface area contributed by atoms with Crippen LogP contribution >= 0.6 is 0 Å². The molecule has 0 aromatic heterocycles. The molecule has 1 aliphatic carbocycles. The summed E-state index contributed by atoms with van der Waals surface area (Å²) in [6.45, 7) is 0.779. The minimum atomic E-state index is -0.0587. The minimum Gasteiger partial charge on any atom is -0.497 e. The van der Waals surface area contributed by atoms with Gasteiger partial charge in [-0.05, 0) is 48.9 Å². The summed E-state index contributed by atoms with van der Waals surface area (Å²) < 4.78 is 5.29. The number of hydrogen-bond acceptors (Lipinski definition) is 3. The molecule has 0 aliphatic heterocycles. The summed E-state index contributed by atoms with van der Waals surface area (Å²) in [7, 11) is 1.68. The molecule has 1 aromatic carbocycles. The van der Waals surface area contributed by atoms with Crippen molar-refractivity contribution < 1.29 is 9.84 Å². The van der Waals surface area contributed by atoms with E-state index < -0.39 is 0 Å². The monoisotopic (exact) mass is 235 g/mol. The van der Waals surface area contributed by atoms with Crippen molar-refractivity contribution in [3.63, 3.8) is 0 Å². The first kappa shape index (κ1) is 12.4. The average Bonchev–Trinajstić information content (AvgIpc) is 2.39. The van der Waals surface area contributed by atoms with Crippen LogP contribution in [0.15, 0.2) is 18.2 Å². The Kier molecular flexibility index (Phi) is 3.69. The predicted molar refractivity (Wildman–Crippen MR) is 68.4 cm³/mol. The van der Waals surface area contributed by atoms with Crippen LogP contribution in [0.1, 0.15) is 30.4 Å². The lowest BCUT2D eigenvalue weighted by Gasteiger charge is -2.38. The molecule has 0 saturated heterocycles. The summed E-state index contributed by atoms with van der Waals surface area (Å²) in [6, 6.07) is 6.23. The first-order valence-corrected chi connectivity index (χ1v) is 6.24. The highest BCUT2D eigenvalue weighted by Crippen LogP contribution is 2.40. The largest absolute Gasteiger partial charge is 0.497 e. The van der Waals surface area contributed by atoms with E-state index in [9.17, 15) is 5.11 Å². The fraction of sp³-hybridized carbons (Fsp3) is 0.571. The SMILES string of the molecule is COc1ccc2c(c1)C(CN)(CCO)CCC2. The first-order chi connectivity index (χ1) is 8.25. The predicted octanol–water partition coefficient (Wildman–Crippen LogP) is 1.61. The average molecular weight is 235 g/mol. The molecule has 1 aromatic rings. The number of ether oxygens (including phenoxy) is 1. The molecule has 0 saturated carbocycles. The Morgan fingerprint density at radius 1 is 1.47 bits per heavy atom. The fourth-order valence-corrected chi connectivity index (χ4v) is 2.93. The summed E-state index contributed by atoms with van der Waals surface area (Å²) in [4.78, 5) is 0. The Bertz CT molecular complexity index is 392. The van der Waals surface area contributed by atoms with Gasteiger partial charge < -0.3 is 15.6 Å². The Morgan fingerprint density at radius 3 is 2.94 bits per heavy atom. The maximum Gasteiger partial charge on any atom is 0.119 e. The summed E-state index contributed by atoms with van der Waals surface area (Å²) in [6.07, 6.45) is 4.05. The molecule has 0 radical (unpaired) electrons. The van der Waals surface area contributed by atoms with E-state index in [0.717, 1.165) is 31.4 Å². The van der Waals surface area contributed by atoms with E-state index in [0.29, 0.717) is 6.54 Å². The van der Waals surface area contributed by atoms with Crippen LogP contribution in [0.3, 0.4) is 0 Å². The second kappa shape index (κ2) is 5.07. The number of aliphatic hydroxyl groups excluding tert-OH is 1. The molecule has 1 atom stereocenters. The standard InChI is InChI=1S/C14H21NO2/c1-17-12-5-4-11-3-2-6-14(10-15,7-8-16)13(11)9-12/h4-5,9,16H,2-3,6-8,10,15H2,1H3. The quantitative estimate of drug-likeness (QED) is 0.833. The van der Waals surface area contributed by atoms with Gasteiger partial charge in [0, 0.05) is 18.6 Å². The van der Waals surface area contributed by atoms with Crippen molar-refractivity contribution in [3.8, 4) is 5.75 Å². The first-order valence-electron chi connectivity index (χ1n) is 6.24. The van der Waals surface area contributed by atoms with Gasteiger partial charge in [0.15, 0.2) is 0 Å². The molecule has 0 heterocycles. The normalized spacial score (nSPS) is 23.2. The van der Waals surface area contributed by atoms with Crippen molar-refractivity contribution in [1.29, 1.82) is 0 Å². The van der Waals surface area contributed by atoms with Gasteiger partial charge in [0.25, 0.3) is 0 Å². The Hall–Kier alpha value is -1.06. The molecule has 3 heteroatoms. The third-order valence-electron chi connectivity index (χ3n) is 3.97. The second-order valence-electron chi connectivity index (χ2n) is 4.83. The van der Waals surface area contributed by atoms with Crippen LogP contribution in [0.25, 0.3) is 0 Å². The van der Waals surface area contributed by atoms with Gasteiger partial charge in [0.1, 0.15) is 5.75 Å². The van der Waals surface area contributed by atoms with Crippen molar-refractivity contribution in [2.24, 2.45) is 5.73 Å². The highest BCUT2D eigenvalue weighted by atomic mass is 16.5. The van der Waals surface area contributed by atoms with Crippen LogP contribution in [-0.4, -0.2) is 25.4 Å². The third kappa shape index (κ3) is 2.17. The van der Waals surface area contributed by atoms with E-state index in [1.807, 2.05) is 6.07 Å². The molecule has 94 valence electrons. The van der Waals surface area contributed by atoms with Gasteiger partial charge in [0.2, 0.25) is 0 Å². The van der Waals surface area contributed by atoms with Crippen molar-refractivity contribution in [1.82, 2.24) is 0 Å². The van der Waals surface area contributed by atoms with Crippen LogP contribution in [-0.2, 0) is 11.8 Å². The molecule has 1 unspecified atom stereocenters. The van der Waals surface area contributed by atoms with Crippen LogP contribution in [0.4, 0.5) is 0 Å². The third-order valence-corrected chi connectivity index (χ3v) is 3.97. The highest BCUT2D eigenvalue weighted by molar-refractivity contribution is 5.42. The van der Waals surface area contributed by atoms with Crippen LogP contribution in [0.5, 0.6) is 5.75 Å². The molecule has 0 spiro atoms. The smallest absolute Gasteiger partial charge is 0.119 e. The summed E-state index contributed by atoms with van der Waals surface area (Å²) in [5.41, 5.74) is 8.55.